The van der Waals surface area contributed by atoms with Crippen LogP contribution in [0.4, 0.5) is 5.69 Å². The molecular formula is C17H23N3O4. The van der Waals surface area contributed by atoms with Gasteiger partial charge >= 0.3 is 0 Å². The van der Waals surface area contributed by atoms with Crippen LogP contribution in [0.25, 0.3) is 0 Å². The van der Waals surface area contributed by atoms with E-state index in [0.717, 1.165) is 19.5 Å². The maximum atomic E-state index is 12.8. The van der Waals surface area contributed by atoms with Crippen LogP contribution in [0.15, 0.2) is 18.2 Å². The number of benzene rings is 1. The first-order valence-electron chi connectivity index (χ1n) is 8.34. The lowest BCUT2D eigenvalue weighted by atomic mass is 10.1. The monoisotopic (exact) mass is 333 g/mol. The first kappa shape index (κ1) is 16.7. The van der Waals surface area contributed by atoms with Crippen molar-refractivity contribution in [2.75, 3.05) is 44.6 Å². The number of aliphatic hydroxyl groups excluding tert-OH is 1. The normalized spacial score (nSPS) is 19.2. The van der Waals surface area contributed by atoms with Crippen LogP contribution in [-0.4, -0.2) is 72.2 Å². The molecule has 2 aliphatic rings. The standard InChI is InChI=1S/C17H23N3O4/c1-2-12(21)10-19-6-8-20(9-7-19)17(23)13-4-3-5-14-16(13)24-11-15(22)18-14/h3-5,12,21H,2,6-11H2,1H3,(H,18,22)/t12-/m0/s1. The zero-order valence-electron chi connectivity index (χ0n) is 13.8. The predicted octanol–water partition coefficient (Wildman–Crippen LogP) is 0.546. The van der Waals surface area contributed by atoms with Crippen LogP contribution in [0, 0.1) is 0 Å². The molecular weight excluding hydrogens is 310 g/mol. The van der Waals surface area contributed by atoms with Crippen molar-refractivity contribution < 1.29 is 19.4 Å². The molecule has 24 heavy (non-hydrogen) atoms. The number of para-hydroxylation sites is 1. The van der Waals surface area contributed by atoms with Gasteiger partial charge in [-0.15, -0.1) is 0 Å². The molecule has 2 amide bonds. The van der Waals surface area contributed by atoms with Gasteiger partial charge in [0.15, 0.2) is 12.4 Å². The highest BCUT2D eigenvalue weighted by Crippen LogP contribution is 2.32. The fourth-order valence-electron chi connectivity index (χ4n) is 3.01. The van der Waals surface area contributed by atoms with E-state index in [1.807, 2.05) is 6.92 Å². The minimum Gasteiger partial charge on any atom is -0.481 e. The van der Waals surface area contributed by atoms with Crippen LogP contribution in [-0.2, 0) is 4.79 Å². The average Bonchev–Trinajstić information content (AvgIpc) is 2.61. The molecule has 3 rings (SSSR count). The number of carbonyl (C=O) groups is 2. The Labute approximate surface area is 141 Å². The van der Waals surface area contributed by atoms with Crippen molar-refractivity contribution in [1.29, 1.82) is 0 Å². The van der Waals surface area contributed by atoms with Crippen LogP contribution in [0.1, 0.15) is 23.7 Å². The highest BCUT2D eigenvalue weighted by Gasteiger charge is 2.28. The summed E-state index contributed by atoms with van der Waals surface area (Å²) >= 11 is 0. The number of anilines is 1. The molecule has 0 unspecified atom stereocenters. The van der Waals surface area contributed by atoms with E-state index < -0.39 is 0 Å². The molecule has 7 nitrogen and oxygen atoms in total. The lowest BCUT2D eigenvalue weighted by Gasteiger charge is -2.36. The number of nitrogens with zero attached hydrogens (tertiary/aromatic N) is 2. The minimum atomic E-state index is -0.314. The summed E-state index contributed by atoms with van der Waals surface area (Å²) in [5.41, 5.74) is 1.02. The highest BCUT2D eigenvalue weighted by molar-refractivity contribution is 6.03. The second kappa shape index (κ2) is 7.19. The number of aliphatic hydroxyl groups is 1. The van der Waals surface area contributed by atoms with Gasteiger partial charge in [-0.3, -0.25) is 14.5 Å². The van der Waals surface area contributed by atoms with Crippen LogP contribution >= 0.6 is 0 Å². The number of rotatable bonds is 4. The molecule has 2 aliphatic heterocycles. The number of ether oxygens (including phenoxy) is 1. The molecule has 0 aromatic heterocycles. The van der Waals surface area contributed by atoms with Gasteiger partial charge in [0.25, 0.3) is 11.8 Å². The van der Waals surface area contributed by atoms with Crippen molar-refractivity contribution in [3.8, 4) is 5.75 Å². The summed E-state index contributed by atoms with van der Waals surface area (Å²) in [6, 6.07) is 5.20. The minimum absolute atomic E-state index is 0.0695. The third-order valence-electron chi connectivity index (χ3n) is 4.47. The van der Waals surface area contributed by atoms with Crippen molar-refractivity contribution in [3.63, 3.8) is 0 Å². The molecule has 0 aliphatic carbocycles. The fourth-order valence-corrected chi connectivity index (χ4v) is 3.01. The molecule has 0 bridgehead atoms. The Bertz CT molecular complexity index is 626. The topological polar surface area (TPSA) is 82.1 Å². The molecule has 0 saturated carbocycles. The number of hydrogen-bond acceptors (Lipinski definition) is 5. The van der Waals surface area contributed by atoms with Crippen molar-refractivity contribution >= 4 is 17.5 Å². The van der Waals surface area contributed by atoms with E-state index in [1.54, 1.807) is 23.1 Å². The van der Waals surface area contributed by atoms with Gasteiger partial charge in [0.1, 0.15) is 0 Å². The number of hydrogen-bond donors (Lipinski definition) is 2. The lowest BCUT2D eigenvalue weighted by molar-refractivity contribution is -0.118. The fraction of sp³-hybridized carbons (Fsp3) is 0.529. The lowest BCUT2D eigenvalue weighted by Crippen LogP contribution is -2.50. The molecule has 7 heteroatoms. The van der Waals surface area contributed by atoms with Gasteiger partial charge in [-0.25, -0.2) is 0 Å². The van der Waals surface area contributed by atoms with Crippen LogP contribution in [0.3, 0.4) is 0 Å². The van der Waals surface area contributed by atoms with E-state index in [2.05, 4.69) is 10.2 Å². The van der Waals surface area contributed by atoms with Crippen LogP contribution in [0.2, 0.25) is 0 Å². The number of piperazine rings is 1. The summed E-state index contributed by atoms with van der Waals surface area (Å²) in [5.74, 6) is 0.153. The largest absolute Gasteiger partial charge is 0.481 e. The zero-order valence-corrected chi connectivity index (χ0v) is 13.8. The summed E-state index contributed by atoms with van der Waals surface area (Å²) in [6.07, 6.45) is 0.420. The second-order valence-corrected chi connectivity index (χ2v) is 6.17. The molecule has 1 aromatic carbocycles. The van der Waals surface area contributed by atoms with E-state index in [4.69, 9.17) is 4.74 Å². The van der Waals surface area contributed by atoms with Gasteiger partial charge in [-0.05, 0) is 18.6 Å². The number of amides is 2. The molecule has 1 atom stereocenters. The van der Waals surface area contributed by atoms with Crippen molar-refractivity contribution in [1.82, 2.24) is 9.80 Å². The third-order valence-corrected chi connectivity index (χ3v) is 4.47. The Balaban J connectivity index is 1.66. The second-order valence-electron chi connectivity index (χ2n) is 6.17. The summed E-state index contributed by atoms with van der Waals surface area (Å²) in [6.45, 7) is 5.26. The van der Waals surface area contributed by atoms with Gasteiger partial charge in [0.2, 0.25) is 0 Å². The third kappa shape index (κ3) is 3.52. The highest BCUT2D eigenvalue weighted by atomic mass is 16.5. The van der Waals surface area contributed by atoms with Crippen LogP contribution in [0.5, 0.6) is 5.75 Å². The zero-order chi connectivity index (χ0) is 17.1. The maximum absolute atomic E-state index is 12.8. The van der Waals surface area contributed by atoms with Gasteiger partial charge in [-0.1, -0.05) is 13.0 Å². The van der Waals surface area contributed by atoms with Gasteiger partial charge in [0, 0.05) is 32.7 Å². The Morgan fingerprint density at radius 2 is 2.08 bits per heavy atom. The summed E-state index contributed by atoms with van der Waals surface area (Å²) < 4.78 is 5.46. The molecule has 1 saturated heterocycles. The van der Waals surface area contributed by atoms with Gasteiger partial charge < -0.3 is 20.1 Å². The first-order valence-corrected chi connectivity index (χ1v) is 8.34. The van der Waals surface area contributed by atoms with E-state index >= 15 is 0 Å². The number of nitrogens with one attached hydrogen (secondary N) is 1. The van der Waals surface area contributed by atoms with E-state index in [-0.39, 0.29) is 24.5 Å². The smallest absolute Gasteiger partial charge is 0.262 e. The SMILES string of the molecule is CC[C@H](O)CN1CCN(C(=O)c2cccc3c2OCC(=O)N3)CC1. The number of fused-ring (bicyclic) bond motifs is 1. The molecule has 0 radical (unpaired) electrons. The molecule has 130 valence electrons. The number of β-amino-alcohol motifs (C(OH)–C–C–N with tert-alkyl or cyclic N) is 1. The quantitative estimate of drug-likeness (QED) is 0.841. The Kier molecular flexibility index (Phi) is 5.01. The summed E-state index contributed by atoms with van der Waals surface area (Å²) in [7, 11) is 0. The van der Waals surface area contributed by atoms with Crippen LogP contribution < -0.4 is 10.1 Å². The predicted molar refractivity (Wildman–Crippen MR) is 89.2 cm³/mol. The van der Waals surface area contributed by atoms with Crippen molar-refractivity contribution in [2.24, 2.45) is 0 Å². The van der Waals surface area contributed by atoms with E-state index in [0.29, 0.717) is 36.6 Å². The Morgan fingerprint density at radius 3 is 2.79 bits per heavy atom. The van der Waals surface area contributed by atoms with E-state index in [9.17, 15) is 14.7 Å². The molecule has 1 aromatic rings. The van der Waals surface area contributed by atoms with Crippen molar-refractivity contribution in [3.05, 3.63) is 23.8 Å². The maximum Gasteiger partial charge on any atom is 0.262 e. The van der Waals surface area contributed by atoms with E-state index in [1.165, 1.54) is 0 Å². The number of carbonyl (C=O) groups excluding carboxylic acids is 2. The van der Waals surface area contributed by atoms with Crippen molar-refractivity contribution in [2.45, 2.75) is 19.4 Å². The molecule has 2 N–H and O–H groups in total. The Hall–Kier alpha value is -2.12. The summed E-state index contributed by atoms with van der Waals surface area (Å²) in [4.78, 5) is 28.2. The van der Waals surface area contributed by atoms with Gasteiger partial charge in [0.05, 0.1) is 17.4 Å². The first-order chi connectivity index (χ1) is 11.6. The molecule has 1 fully saturated rings. The van der Waals surface area contributed by atoms with Gasteiger partial charge in [-0.2, -0.15) is 0 Å². The molecule has 0 spiro atoms. The summed E-state index contributed by atoms with van der Waals surface area (Å²) in [5, 5.41) is 12.5. The molecule has 2 heterocycles. The average molecular weight is 333 g/mol. The Morgan fingerprint density at radius 1 is 1.33 bits per heavy atom.